The van der Waals surface area contributed by atoms with Gasteiger partial charge in [0.15, 0.2) is 4.99 Å². The van der Waals surface area contributed by atoms with Gasteiger partial charge < -0.3 is 4.52 Å². The Balaban J connectivity index is 4.51. The van der Waals surface area contributed by atoms with Gasteiger partial charge in [0.2, 0.25) is 8.03 Å². The van der Waals surface area contributed by atoms with Crippen LogP contribution in [0.25, 0.3) is 0 Å². The highest BCUT2D eigenvalue weighted by Crippen LogP contribution is 2.33. The van der Waals surface area contributed by atoms with Crippen LogP contribution in [0.15, 0.2) is 0 Å². The van der Waals surface area contributed by atoms with Crippen molar-refractivity contribution in [1.82, 2.24) is 0 Å². The first-order valence-electron chi connectivity index (χ1n) is 4.40. The quantitative estimate of drug-likeness (QED) is 0.524. The monoisotopic (exact) mass is 244 g/mol. The summed E-state index contributed by atoms with van der Waals surface area (Å²) in [4.78, 5) is -1.09. The van der Waals surface area contributed by atoms with E-state index in [2.05, 4.69) is 4.18 Å². The third-order valence-electron chi connectivity index (χ3n) is 1.38. The first-order valence-corrected chi connectivity index (χ1v) is 7.26. The summed E-state index contributed by atoms with van der Waals surface area (Å²) in [5.74, 6) is 0. The molecule has 14 heavy (non-hydrogen) atoms. The fourth-order valence-corrected chi connectivity index (χ4v) is 3.27. The van der Waals surface area contributed by atoms with E-state index in [0.29, 0.717) is 0 Å². The largest absolute Gasteiger partial charge is 0.330 e. The van der Waals surface area contributed by atoms with Crippen molar-refractivity contribution in [3.8, 4) is 0 Å². The summed E-state index contributed by atoms with van der Waals surface area (Å²) in [6.07, 6.45) is -0.445. The Morgan fingerprint density at radius 2 is 1.79 bits per heavy atom. The average molecular weight is 244 g/mol. The molecular weight excluding hydrogens is 227 g/mol. The third-order valence-corrected chi connectivity index (χ3v) is 5.58. The lowest BCUT2D eigenvalue weighted by Crippen LogP contribution is -2.21. The van der Waals surface area contributed by atoms with Crippen molar-refractivity contribution in [1.29, 1.82) is 0 Å². The second kappa shape index (κ2) is 5.85. The minimum atomic E-state index is -3.77. The Labute approximate surface area is 85.8 Å². The Bertz CT molecular complexity index is 284. The van der Waals surface area contributed by atoms with E-state index in [4.69, 9.17) is 4.52 Å². The Morgan fingerprint density at radius 3 is 2.14 bits per heavy atom. The molecule has 0 heterocycles. The van der Waals surface area contributed by atoms with Gasteiger partial charge in [-0.1, -0.05) is 0 Å². The molecule has 5 nitrogen and oxygen atoms in total. The molecular formula is C7H17O5PS. The van der Waals surface area contributed by atoms with Gasteiger partial charge in [-0.05, 0) is 27.7 Å². The van der Waals surface area contributed by atoms with Crippen molar-refractivity contribution in [2.75, 3.05) is 6.61 Å². The van der Waals surface area contributed by atoms with Crippen LogP contribution in [0.5, 0.6) is 0 Å². The molecule has 0 bridgehead atoms. The molecule has 0 aromatic carbocycles. The van der Waals surface area contributed by atoms with Gasteiger partial charge in [-0.15, -0.1) is 0 Å². The summed E-state index contributed by atoms with van der Waals surface area (Å²) in [6, 6.07) is 0. The number of hydrogen-bond donors (Lipinski definition) is 0. The van der Waals surface area contributed by atoms with E-state index in [1.54, 1.807) is 20.8 Å². The number of hydrogen-bond acceptors (Lipinski definition) is 5. The lowest BCUT2D eigenvalue weighted by Gasteiger charge is -2.14. The first kappa shape index (κ1) is 14.1. The topological polar surface area (TPSA) is 69.7 Å². The molecule has 0 aromatic heterocycles. The molecule has 0 fully saturated rings. The normalized spacial score (nSPS) is 16.9. The maximum Gasteiger partial charge on any atom is 0.279 e. The first-order chi connectivity index (χ1) is 6.31. The van der Waals surface area contributed by atoms with Crippen LogP contribution in [-0.2, 0) is 23.4 Å². The summed E-state index contributed by atoms with van der Waals surface area (Å²) in [6.45, 7) is 6.42. The molecule has 0 N–H and O–H groups in total. The molecule has 2 unspecified atom stereocenters. The maximum absolute atomic E-state index is 11.4. The molecule has 0 radical (unpaired) electrons. The molecule has 0 spiro atoms. The van der Waals surface area contributed by atoms with Crippen LogP contribution in [0, 0.1) is 0 Å². The predicted octanol–water partition coefficient (Wildman–Crippen LogP) is 1.60. The summed E-state index contributed by atoms with van der Waals surface area (Å²) in [5, 5.41) is 0. The van der Waals surface area contributed by atoms with Crippen LogP contribution in [0.3, 0.4) is 0 Å². The van der Waals surface area contributed by atoms with Gasteiger partial charge in [0.05, 0.1) is 12.7 Å². The summed E-state index contributed by atoms with van der Waals surface area (Å²) >= 11 is 0. The van der Waals surface area contributed by atoms with E-state index in [1.807, 2.05) is 0 Å². The number of rotatable bonds is 6. The van der Waals surface area contributed by atoms with Gasteiger partial charge in [0.1, 0.15) is 0 Å². The van der Waals surface area contributed by atoms with Crippen LogP contribution < -0.4 is 0 Å². The second-order valence-corrected chi connectivity index (χ2v) is 7.13. The van der Waals surface area contributed by atoms with E-state index in [-0.39, 0.29) is 6.61 Å². The maximum atomic E-state index is 11.4. The smallest absolute Gasteiger partial charge is 0.279 e. The fourth-order valence-electron chi connectivity index (χ4n) is 0.729. The Hall–Kier alpha value is 0.100. The van der Waals surface area contributed by atoms with Gasteiger partial charge in [-0.3, -0.25) is 8.75 Å². The van der Waals surface area contributed by atoms with E-state index < -0.39 is 29.2 Å². The zero-order valence-corrected chi connectivity index (χ0v) is 10.6. The molecule has 86 valence electrons. The van der Waals surface area contributed by atoms with Crippen molar-refractivity contribution >= 4 is 18.1 Å². The van der Waals surface area contributed by atoms with Crippen LogP contribution in [-0.4, -0.2) is 26.1 Å². The Morgan fingerprint density at radius 1 is 1.29 bits per heavy atom. The van der Waals surface area contributed by atoms with Crippen molar-refractivity contribution in [3.63, 3.8) is 0 Å². The molecule has 0 amide bonds. The van der Waals surface area contributed by atoms with Crippen LogP contribution in [0.1, 0.15) is 27.7 Å². The third kappa shape index (κ3) is 4.55. The van der Waals surface area contributed by atoms with Gasteiger partial charge in [-0.2, -0.15) is 8.42 Å². The highest BCUT2D eigenvalue weighted by atomic mass is 32.2. The van der Waals surface area contributed by atoms with Crippen molar-refractivity contribution < 1.29 is 21.7 Å². The molecule has 2 atom stereocenters. The molecule has 7 heteroatoms. The Kier molecular flexibility index (Phi) is 5.90. The standard InChI is InChI=1S/C7H17O5PS/c1-5-11-13(8)7(4)14(9,10)12-6(2)3/h6-7,13H,5H2,1-4H3. The van der Waals surface area contributed by atoms with Gasteiger partial charge in [-0.25, -0.2) is 0 Å². The van der Waals surface area contributed by atoms with Gasteiger partial charge in [0.25, 0.3) is 10.1 Å². The minimum Gasteiger partial charge on any atom is -0.330 e. The average Bonchev–Trinajstić information content (AvgIpc) is 2.01. The molecule has 0 aromatic rings. The summed E-state index contributed by atoms with van der Waals surface area (Å²) in [7, 11) is -6.36. The highest BCUT2D eigenvalue weighted by molar-refractivity contribution is 7.93. The molecule has 0 aliphatic heterocycles. The second-order valence-electron chi connectivity index (χ2n) is 3.03. The molecule has 0 aliphatic carbocycles. The van der Waals surface area contributed by atoms with Crippen LogP contribution in [0.2, 0.25) is 0 Å². The highest BCUT2D eigenvalue weighted by Gasteiger charge is 2.28. The van der Waals surface area contributed by atoms with Gasteiger partial charge in [0, 0.05) is 0 Å². The van der Waals surface area contributed by atoms with Crippen molar-refractivity contribution in [3.05, 3.63) is 0 Å². The molecule has 0 rings (SSSR count). The van der Waals surface area contributed by atoms with Crippen molar-refractivity contribution in [2.24, 2.45) is 0 Å². The van der Waals surface area contributed by atoms with E-state index >= 15 is 0 Å². The zero-order valence-electron chi connectivity index (χ0n) is 8.81. The fraction of sp³-hybridized carbons (Fsp3) is 1.00. The summed E-state index contributed by atoms with van der Waals surface area (Å²) < 4.78 is 43.5. The lowest BCUT2D eigenvalue weighted by atomic mass is 10.5. The molecule has 0 saturated heterocycles. The molecule has 0 aliphatic rings. The van der Waals surface area contributed by atoms with Crippen molar-refractivity contribution in [2.45, 2.75) is 38.8 Å². The van der Waals surface area contributed by atoms with Crippen LogP contribution >= 0.6 is 8.03 Å². The van der Waals surface area contributed by atoms with E-state index in [9.17, 15) is 13.0 Å². The minimum absolute atomic E-state index is 0.235. The van der Waals surface area contributed by atoms with Crippen LogP contribution in [0.4, 0.5) is 0 Å². The molecule has 0 saturated carbocycles. The lowest BCUT2D eigenvalue weighted by molar-refractivity contribution is 0.247. The van der Waals surface area contributed by atoms with E-state index in [0.717, 1.165) is 0 Å². The summed E-state index contributed by atoms with van der Waals surface area (Å²) in [5.41, 5.74) is 0. The predicted molar refractivity (Wildman–Crippen MR) is 55.2 cm³/mol. The van der Waals surface area contributed by atoms with E-state index in [1.165, 1.54) is 6.92 Å². The SMILES string of the molecule is CCO[PH](=O)C(C)S(=O)(=O)OC(C)C. The zero-order chi connectivity index (χ0) is 11.4. The van der Waals surface area contributed by atoms with Gasteiger partial charge >= 0.3 is 0 Å².